The van der Waals surface area contributed by atoms with E-state index in [-0.39, 0.29) is 17.4 Å². The molecule has 0 aliphatic carbocycles. The summed E-state index contributed by atoms with van der Waals surface area (Å²) < 4.78 is 22.5. The van der Waals surface area contributed by atoms with Crippen LogP contribution in [0.15, 0.2) is 60.7 Å². The van der Waals surface area contributed by atoms with Gasteiger partial charge in [0, 0.05) is 28.5 Å². The maximum Gasteiger partial charge on any atom is 0 e. The predicted octanol–water partition coefficient (Wildman–Crippen LogP) is 2.97. The molecule has 21 heavy (non-hydrogen) atoms. The molecular weight excluding hydrogens is 304 g/mol. The third-order valence-corrected chi connectivity index (χ3v) is 1.90. The average molecular weight is 314 g/mol. The molecule has 0 aromatic heterocycles. The van der Waals surface area contributed by atoms with Crippen LogP contribution in [0.3, 0.4) is 0 Å². The molecule has 2 aromatic carbocycles. The summed E-state index contributed by atoms with van der Waals surface area (Å²) in [7, 11) is 0. The van der Waals surface area contributed by atoms with Gasteiger partial charge >= 0.3 is 33.9 Å². The SMILES string of the molecule is C(#Cc1ccccc1)c1ccccc1.[C-]#[O+].[C-]#[O+].[C-]#[O+].[Cr]. The maximum atomic E-state index is 7.50. The number of benzene rings is 2. The first-order valence-corrected chi connectivity index (χ1v) is 5.18. The van der Waals surface area contributed by atoms with Gasteiger partial charge in [-0.25, -0.2) is 0 Å². The van der Waals surface area contributed by atoms with Crippen LogP contribution in [0, 0.1) is 31.8 Å². The van der Waals surface area contributed by atoms with Gasteiger partial charge in [-0.2, -0.15) is 0 Å². The molecule has 0 N–H and O–H groups in total. The van der Waals surface area contributed by atoms with Gasteiger partial charge in [0.25, 0.3) is 0 Å². The monoisotopic (exact) mass is 314 g/mol. The van der Waals surface area contributed by atoms with Gasteiger partial charge < -0.3 is 0 Å². The van der Waals surface area contributed by atoms with Crippen LogP contribution in [-0.4, -0.2) is 0 Å². The normalized spacial score (nSPS) is 6.19. The second kappa shape index (κ2) is 20.1. The smallest absolute Gasteiger partial charge is 0 e. The molecule has 0 saturated carbocycles. The Labute approximate surface area is 135 Å². The summed E-state index contributed by atoms with van der Waals surface area (Å²) in [5.74, 6) is 6.22. The molecule has 0 radical (unpaired) electrons. The second-order valence-electron chi connectivity index (χ2n) is 2.98. The van der Waals surface area contributed by atoms with Crippen molar-refractivity contribution < 1.29 is 31.3 Å². The summed E-state index contributed by atoms with van der Waals surface area (Å²) >= 11 is 0. The van der Waals surface area contributed by atoms with Gasteiger partial charge in [-0.3, -0.25) is 0 Å². The summed E-state index contributed by atoms with van der Waals surface area (Å²) in [6.07, 6.45) is 0. The summed E-state index contributed by atoms with van der Waals surface area (Å²) in [6.45, 7) is 13.5. The summed E-state index contributed by atoms with van der Waals surface area (Å²) in [5, 5.41) is 0. The van der Waals surface area contributed by atoms with E-state index in [0.717, 1.165) is 11.1 Å². The van der Waals surface area contributed by atoms with Crippen molar-refractivity contribution in [1.82, 2.24) is 0 Å². The van der Waals surface area contributed by atoms with Gasteiger partial charge in [0.15, 0.2) is 0 Å². The molecule has 0 unspecified atom stereocenters. The van der Waals surface area contributed by atoms with E-state index in [4.69, 9.17) is 14.0 Å². The van der Waals surface area contributed by atoms with E-state index < -0.39 is 0 Å². The van der Waals surface area contributed by atoms with E-state index >= 15 is 0 Å². The van der Waals surface area contributed by atoms with E-state index in [2.05, 4.69) is 31.8 Å². The van der Waals surface area contributed by atoms with Crippen molar-refractivity contribution in [3.05, 3.63) is 91.7 Å². The zero-order valence-corrected chi connectivity index (χ0v) is 12.2. The molecule has 2 aromatic rings. The van der Waals surface area contributed by atoms with Gasteiger partial charge in [-0.05, 0) is 24.3 Å². The fourth-order valence-corrected chi connectivity index (χ4v) is 1.19. The maximum absolute atomic E-state index is 7.50. The largest absolute Gasteiger partial charge is 0 e. The van der Waals surface area contributed by atoms with E-state index in [1.165, 1.54) is 0 Å². The van der Waals surface area contributed by atoms with Crippen molar-refractivity contribution in [3.8, 4) is 11.8 Å². The Morgan fingerprint density at radius 3 is 1.00 bits per heavy atom. The minimum absolute atomic E-state index is 0. The van der Waals surface area contributed by atoms with Crippen LogP contribution in [0.25, 0.3) is 0 Å². The molecule has 3 nitrogen and oxygen atoms in total. The fourth-order valence-electron chi connectivity index (χ4n) is 1.19. The average Bonchev–Trinajstić information content (AvgIpc) is 2.60. The second-order valence-corrected chi connectivity index (χ2v) is 2.98. The third kappa shape index (κ3) is 12.5. The first-order chi connectivity index (χ1) is 9.95. The number of hydrogen-bond donors (Lipinski definition) is 0. The Hall–Kier alpha value is -2.25. The molecule has 2 rings (SSSR count). The van der Waals surface area contributed by atoms with Crippen LogP contribution in [0.4, 0.5) is 0 Å². The Bertz CT molecular complexity index is 518. The standard InChI is InChI=1S/C14H10.3CO.Cr/c1-3-7-13(8-4-1)11-12-14-9-5-2-6-10-14;3*1-2;/h1-10H;;;;. The first-order valence-electron chi connectivity index (χ1n) is 5.18. The topological polar surface area (TPSA) is 59.7 Å². The molecule has 0 aliphatic heterocycles. The van der Waals surface area contributed by atoms with Crippen molar-refractivity contribution in [1.29, 1.82) is 0 Å². The molecule has 0 fully saturated rings. The fraction of sp³-hybridized carbons (Fsp3) is 0. The third-order valence-electron chi connectivity index (χ3n) is 1.90. The van der Waals surface area contributed by atoms with E-state index in [1.807, 2.05) is 60.7 Å². The van der Waals surface area contributed by atoms with Crippen molar-refractivity contribution in [2.24, 2.45) is 0 Å². The Balaban J connectivity index is -0.000000414. The van der Waals surface area contributed by atoms with Crippen molar-refractivity contribution in [3.63, 3.8) is 0 Å². The summed E-state index contributed by atoms with van der Waals surface area (Å²) in [6, 6.07) is 20.0. The molecule has 0 aliphatic rings. The van der Waals surface area contributed by atoms with E-state index in [0.29, 0.717) is 0 Å². The van der Waals surface area contributed by atoms with Crippen LogP contribution in [0.2, 0.25) is 0 Å². The Morgan fingerprint density at radius 1 is 0.524 bits per heavy atom. The Kier molecular flexibility index (Phi) is 22.8. The van der Waals surface area contributed by atoms with Crippen LogP contribution in [0.1, 0.15) is 11.1 Å². The first kappa shape index (κ1) is 23.8. The van der Waals surface area contributed by atoms with Crippen LogP contribution in [0.5, 0.6) is 0 Å². The number of hydrogen-bond acceptors (Lipinski definition) is 0. The van der Waals surface area contributed by atoms with E-state index in [1.54, 1.807) is 0 Å². The minimum Gasteiger partial charge on any atom is 0 e. The van der Waals surface area contributed by atoms with Crippen molar-refractivity contribution in [2.75, 3.05) is 0 Å². The predicted molar refractivity (Wildman–Crippen MR) is 70.7 cm³/mol. The molecule has 4 heteroatoms. The van der Waals surface area contributed by atoms with Crippen LogP contribution in [-0.2, 0) is 31.3 Å². The van der Waals surface area contributed by atoms with Gasteiger partial charge in [0.05, 0.1) is 0 Å². The molecule has 0 heterocycles. The van der Waals surface area contributed by atoms with Crippen LogP contribution >= 0.6 is 0 Å². The minimum atomic E-state index is 0. The van der Waals surface area contributed by atoms with Crippen molar-refractivity contribution in [2.45, 2.75) is 0 Å². The summed E-state index contributed by atoms with van der Waals surface area (Å²) in [5.41, 5.74) is 2.10. The molecule has 0 saturated heterocycles. The molecule has 0 spiro atoms. The van der Waals surface area contributed by atoms with Gasteiger partial charge in [0.1, 0.15) is 0 Å². The number of rotatable bonds is 0. The molecule has 102 valence electrons. The molecule has 0 atom stereocenters. The van der Waals surface area contributed by atoms with Crippen LogP contribution < -0.4 is 0 Å². The summed E-state index contributed by atoms with van der Waals surface area (Å²) in [4.78, 5) is 0. The quantitative estimate of drug-likeness (QED) is 0.408. The van der Waals surface area contributed by atoms with Gasteiger partial charge in [-0.15, -0.1) is 0 Å². The van der Waals surface area contributed by atoms with Gasteiger partial charge in [-0.1, -0.05) is 48.2 Å². The van der Waals surface area contributed by atoms with Gasteiger partial charge in [0.2, 0.25) is 0 Å². The molecule has 0 amide bonds. The Morgan fingerprint density at radius 2 is 0.762 bits per heavy atom. The zero-order chi connectivity index (χ0) is 15.6. The van der Waals surface area contributed by atoms with E-state index in [9.17, 15) is 0 Å². The molecular formula is C17H10CrO3. The van der Waals surface area contributed by atoms with Crippen molar-refractivity contribution >= 4 is 0 Å². The molecule has 0 bridgehead atoms. The zero-order valence-electron chi connectivity index (χ0n) is 10.9.